The molecule has 1 heterocycles. The third-order valence-corrected chi connectivity index (χ3v) is 6.08. The molecule has 7 nitrogen and oxygen atoms in total. The van der Waals surface area contributed by atoms with Crippen molar-refractivity contribution in [3.63, 3.8) is 0 Å². The van der Waals surface area contributed by atoms with Crippen molar-refractivity contribution in [1.82, 2.24) is 20.1 Å². The average Bonchev–Trinajstić information content (AvgIpc) is 3.30. The molecule has 0 aliphatic carbocycles. The predicted molar refractivity (Wildman–Crippen MR) is 135 cm³/mol. The molecule has 4 aromatic rings. The third kappa shape index (κ3) is 6.17. The number of anilines is 1. The van der Waals surface area contributed by atoms with E-state index >= 15 is 0 Å². The first-order valence-electron chi connectivity index (χ1n) is 11.0. The van der Waals surface area contributed by atoms with E-state index in [1.54, 1.807) is 7.11 Å². The Labute approximate surface area is 203 Å². The number of amides is 1. The second-order valence-electron chi connectivity index (χ2n) is 7.48. The van der Waals surface area contributed by atoms with Gasteiger partial charge in [-0.2, -0.15) is 0 Å². The summed E-state index contributed by atoms with van der Waals surface area (Å²) < 4.78 is 7.45. The Kier molecular flexibility index (Phi) is 8.18. The number of hydrogen-bond donors (Lipinski definition) is 2. The fraction of sp³-hybridized carbons (Fsp3) is 0.192. The van der Waals surface area contributed by atoms with Crippen molar-refractivity contribution >= 4 is 23.4 Å². The van der Waals surface area contributed by atoms with Gasteiger partial charge in [0.1, 0.15) is 5.75 Å². The van der Waals surface area contributed by atoms with Crippen molar-refractivity contribution in [3.05, 3.63) is 96.3 Å². The van der Waals surface area contributed by atoms with Crippen molar-refractivity contribution in [2.75, 3.05) is 18.2 Å². The van der Waals surface area contributed by atoms with Gasteiger partial charge in [-0.25, -0.2) is 0 Å². The highest BCUT2D eigenvalue weighted by Gasteiger charge is 2.15. The first kappa shape index (κ1) is 23.4. The Morgan fingerprint density at radius 2 is 1.62 bits per heavy atom. The molecule has 3 aromatic carbocycles. The lowest BCUT2D eigenvalue weighted by atomic mass is 10.2. The van der Waals surface area contributed by atoms with Crippen LogP contribution in [0, 0.1) is 0 Å². The molecule has 1 aromatic heterocycles. The Morgan fingerprint density at radius 1 is 0.912 bits per heavy atom. The molecule has 2 N–H and O–H groups in total. The van der Waals surface area contributed by atoms with E-state index in [4.69, 9.17) is 4.74 Å². The molecular weight excluding hydrogens is 446 g/mol. The lowest BCUT2D eigenvalue weighted by Gasteiger charge is -2.13. The summed E-state index contributed by atoms with van der Waals surface area (Å²) in [6, 6.07) is 27.6. The zero-order valence-corrected chi connectivity index (χ0v) is 19.8. The lowest BCUT2D eigenvalue weighted by molar-refractivity contribution is -0.120. The normalized spacial score (nSPS) is 10.6. The molecule has 0 saturated heterocycles. The minimum atomic E-state index is 0.0141. The smallest absolute Gasteiger partial charge is 0.221 e. The van der Waals surface area contributed by atoms with Gasteiger partial charge in [-0.15, -0.1) is 10.2 Å². The summed E-state index contributed by atoms with van der Waals surface area (Å²) in [7, 11) is 1.65. The fourth-order valence-corrected chi connectivity index (χ4v) is 4.34. The van der Waals surface area contributed by atoms with Crippen LogP contribution >= 0.6 is 11.8 Å². The van der Waals surface area contributed by atoms with Gasteiger partial charge in [-0.05, 0) is 29.8 Å². The topological polar surface area (TPSA) is 81.1 Å². The van der Waals surface area contributed by atoms with E-state index in [0.29, 0.717) is 25.3 Å². The SMILES string of the molecule is COc1ccccc1NCc1nnc(SCCC(=O)NCc2ccccc2)n1-c1ccccc1. The number of hydrogen-bond acceptors (Lipinski definition) is 6. The number of carbonyl (C=O) groups excluding carboxylic acids is 1. The molecule has 0 aliphatic heterocycles. The maximum atomic E-state index is 12.3. The highest BCUT2D eigenvalue weighted by atomic mass is 32.2. The summed E-state index contributed by atoms with van der Waals surface area (Å²) >= 11 is 1.52. The van der Waals surface area contributed by atoms with Gasteiger partial charge in [0.15, 0.2) is 11.0 Å². The molecule has 0 atom stereocenters. The molecule has 0 aliphatic rings. The van der Waals surface area contributed by atoms with Crippen LogP contribution in [0.3, 0.4) is 0 Å². The van der Waals surface area contributed by atoms with Crippen molar-refractivity contribution in [2.45, 2.75) is 24.7 Å². The van der Waals surface area contributed by atoms with E-state index in [9.17, 15) is 4.79 Å². The lowest BCUT2D eigenvalue weighted by Crippen LogP contribution is -2.23. The van der Waals surface area contributed by atoms with Crippen LogP contribution in [0.4, 0.5) is 5.69 Å². The van der Waals surface area contributed by atoms with Crippen molar-refractivity contribution in [3.8, 4) is 11.4 Å². The van der Waals surface area contributed by atoms with E-state index < -0.39 is 0 Å². The summed E-state index contributed by atoms with van der Waals surface area (Å²) in [5, 5.41) is 15.9. The maximum Gasteiger partial charge on any atom is 0.221 e. The van der Waals surface area contributed by atoms with E-state index in [0.717, 1.165) is 33.7 Å². The van der Waals surface area contributed by atoms with E-state index in [2.05, 4.69) is 20.8 Å². The largest absolute Gasteiger partial charge is 0.495 e. The molecule has 8 heteroatoms. The molecule has 174 valence electrons. The highest BCUT2D eigenvalue weighted by molar-refractivity contribution is 7.99. The summed E-state index contributed by atoms with van der Waals surface area (Å²) in [5.41, 5.74) is 2.94. The van der Waals surface area contributed by atoms with Crippen LogP contribution in [-0.2, 0) is 17.9 Å². The fourth-order valence-electron chi connectivity index (χ4n) is 3.43. The molecule has 0 fully saturated rings. The summed E-state index contributed by atoms with van der Waals surface area (Å²) in [5.74, 6) is 2.16. The standard InChI is InChI=1S/C26H27N5O2S/c1-33-23-15-9-8-14-22(23)27-19-24-29-30-26(31(24)21-12-6-3-7-13-21)34-17-16-25(32)28-18-20-10-4-2-5-11-20/h2-15,27H,16-19H2,1H3,(H,28,32). The van der Waals surface area contributed by atoms with Gasteiger partial charge in [0.25, 0.3) is 0 Å². The quantitative estimate of drug-likeness (QED) is 0.308. The number of thioether (sulfide) groups is 1. The molecular formula is C26H27N5O2S. The Hall–Kier alpha value is -3.78. The van der Waals surface area contributed by atoms with E-state index in [1.807, 2.05) is 89.5 Å². The Balaban J connectivity index is 1.40. The summed E-state index contributed by atoms with van der Waals surface area (Å²) in [6.45, 7) is 1.00. The highest BCUT2D eigenvalue weighted by Crippen LogP contribution is 2.26. The van der Waals surface area contributed by atoms with Crippen molar-refractivity contribution in [1.29, 1.82) is 0 Å². The van der Waals surface area contributed by atoms with Crippen LogP contribution < -0.4 is 15.4 Å². The molecule has 0 spiro atoms. The van der Waals surface area contributed by atoms with Crippen LogP contribution in [0.25, 0.3) is 5.69 Å². The first-order valence-corrected chi connectivity index (χ1v) is 12.0. The third-order valence-electron chi connectivity index (χ3n) is 5.15. The van der Waals surface area contributed by atoms with Crippen LogP contribution in [0.1, 0.15) is 17.8 Å². The molecule has 0 saturated carbocycles. The van der Waals surface area contributed by atoms with E-state index in [-0.39, 0.29) is 5.91 Å². The van der Waals surface area contributed by atoms with Crippen LogP contribution in [-0.4, -0.2) is 33.5 Å². The number of rotatable bonds is 11. The van der Waals surface area contributed by atoms with Gasteiger partial charge in [-0.1, -0.05) is 72.4 Å². The summed E-state index contributed by atoms with van der Waals surface area (Å²) in [4.78, 5) is 12.3. The average molecular weight is 474 g/mol. The number of nitrogens with one attached hydrogen (secondary N) is 2. The number of benzene rings is 3. The van der Waals surface area contributed by atoms with Crippen LogP contribution in [0.5, 0.6) is 5.75 Å². The minimum absolute atomic E-state index is 0.0141. The van der Waals surface area contributed by atoms with Crippen LogP contribution in [0.2, 0.25) is 0 Å². The minimum Gasteiger partial charge on any atom is -0.495 e. The number of aromatic nitrogens is 3. The van der Waals surface area contributed by atoms with Gasteiger partial charge in [0, 0.05) is 24.4 Å². The molecule has 0 bridgehead atoms. The van der Waals surface area contributed by atoms with Gasteiger partial charge in [0.2, 0.25) is 5.91 Å². The van der Waals surface area contributed by atoms with Gasteiger partial charge in [0.05, 0.1) is 19.3 Å². The number of ether oxygens (including phenoxy) is 1. The van der Waals surface area contributed by atoms with Gasteiger partial charge in [-0.3, -0.25) is 9.36 Å². The van der Waals surface area contributed by atoms with Gasteiger partial charge >= 0.3 is 0 Å². The van der Waals surface area contributed by atoms with Crippen LogP contribution in [0.15, 0.2) is 90.1 Å². The molecule has 1 amide bonds. The first-order chi connectivity index (χ1) is 16.7. The zero-order chi connectivity index (χ0) is 23.6. The predicted octanol–water partition coefficient (Wildman–Crippen LogP) is 4.69. The molecule has 0 unspecified atom stereocenters. The van der Waals surface area contributed by atoms with E-state index in [1.165, 1.54) is 11.8 Å². The summed E-state index contributed by atoms with van der Waals surface area (Å²) in [6.07, 6.45) is 0.397. The molecule has 4 rings (SSSR count). The monoisotopic (exact) mass is 473 g/mol. The Bertz CT molecular complexity index is 1200. The molecule has 34 heavy (non-hydrogen) atoms. The number of carbonyl (C=O) groups is 1. The van der Waals surface area contributed by atoms with Crippen molar-refractivity contribution < 1.29 is 9.53 Å². The zero-order valence-electron chi connectivity index (χ0n) is 19.0. The second-order valence-corrected chi connectivity index (χ2v) is 8.55. The Morgan fingerprint density at radius 3 is 2.38 bits per heavy atom. The second kappa shape index (κ2) is 11.9. The van der Waals surface area contributed by atoms with Crippen molar-refractivity contribution in [2.24, 2.45) is 0 Å². The molecule has 0 radical (unpaired) electrons. The van der Waals surface area contributed by atoms with Gasteiger partial charge < -0.3 is 15.4 Å². The maximum absolute atomic E-state index is 12.3. The number of nitrogens with zero attached hydrogens (tertiary/aromatic N) is 3. The number of para-hydroxylation sites is 3. The number of methoxy groups -OCH3 is 1.